The van der Waals surface area contributed by atoms with Crippen LogP contribution in [0.5, 0.6) is 0 Å². The van der Waals surface area contributed by atoms with Crippen LogP contribution in [0.3, 0.4) is 0 Å². The molecule has 6 nitrogen and oxygen atoms in total. The lowest BCUT2D eigenvalue weighted by Gasteiger charge is -2.20. The molecule has 1 amide bonds. The predicted molar refractivity (Wildman–Crippen MR) is 80.5 cm³/mol. The average molecular weight is 356 g/mol. The van der Waals surface area contributed by atoms with Crippen LogP contribution in [-0.2, 0) is 9.47 Å². The van der Waals surface area contributed by atoms with Crippen LogP contribution in [0.1, 0.15) is 31.3 Å². The Kier molecular flexibility index (Phi) is 5.67. The van der Waals surface area contributed by atoms with Crippen LogP contribution in [0.4, 0.5) is 10.5 Å². The van der Waals surface area contributed by atoms with Gasteiger partial charge in [0, 0.05) is 0 Å². The minimum absolute atomic E-state index is 0.0759. The van der Waals surface area contributed by atoms with E-state index in [4.69, 9.17) is 39.5 Å². The van der Waals surface area contributed by atoms with E-state index in [9.17, 15) is 9.59 Å². The van der Waals surface area contributed by atoms with Crippen LogP contribution < -0.4 is 5.32 Å². The second-order valence-corrected chi connectivity index (χ2v) is 5.99. The second-order valence-electron chi connectivity index (χ2n) is 4.87. The van der Waals surface area contributed by atoms with Crippen molar-refractivity contribution in [1.29, 1.82) is 0 Å². The molecule has 0 atom stereocenters. The Morgan fingerprint density at radius 1 is 1.14 bits per heavy atom. The molecule has 1 heterocycles. The topological polar surface area (TPSA) is 77.5 Å². The van der Waals surface area contributed by atoms with Crippen molar-refractivity contribution >= 4 is 52.6 Å². The molecule has 0 spiro atoms. The molecule has 0 aliphatic rings. The molecule has 0 unspecified atom stereocenters. The highest BCUT2D eigenvalue weighted by Gasteiger charge is 2.24. The minimum Gasteiger partial charge on any atom is -0.464 e. The van der Waals surface area contributed by atoms with Gasteiger partial charge in [-0.15, -0.1) is 0 Å². The van der Waals surface area contributed by atoms with Gasteiger partial charge in [0.25, 0.3) is 0 Å². The molecule has 0 bridgehead atoms. The van der Waals surface area contributed by atoms with Crippen molar-refractivity contribution in [3.05, 3.63) is 20.9 Å². The number of hydrogen-bond acceptors (Lipinski definition) is 5. The molecule has 0 radical (unpaired) electrons. The van der Waals surface area contributed by atoms with Crippen molar-refractivity contribution in [2.45, 2.75) is 26.4 Å². The highest BCUT2D eigenvalue weighted by Crippen LogP contribution is 2.37. The first-order valence-corrected chi connectivity index (χ1v) is 6.83. The quantitative estimate of drug-likeness (QED) is 0.636. The van der Waals surface area contributed by atoms with Crippen molar-refractivity contribution in [1.82, 2.24) is 4.98 Å². The Morgan fingerprint density at radius 3 is 2.19 bits per heavy atom. The number of esters is 1. The molecule has 9 heteroatoms. The minimum atomic E-state index is -0.814. The Hall–Kier alpha value is -1.24. The first-order valence-electron chi connectivity index (χ1n) is 5.69. The number of halogens is 3. The molecular formula is C12H13Cl3N2O4. The van der Waals surface area contributed by atoms with Gasteiger partial charge in [0.1, 0.15) is 10.6 Å². The fraction of sp³-hybridized carbons (Fsp3) is 0.417. The molecule has 0 saturated heterocycles. The standard InChI is InChI=1S/C12H13Cl3N2O4/c1-12(2,3)21-11(19)17-7-5(13)8(10(18)20-4)16-9(15)6(7)14/h1-4H3,(H,16,17,19). The van der Waals surface area contributed by atoms with Crippen molar-refractivity contribution in [3.63, 3.8) is 0 Å². The Bertz CT molecular complexity index is 585. The summed E-state index contributed by atoms with van der Waals surface area (Å²) in [5, 5.41) is 1.83. The maximum Gasteiger partial charge on any atom is 0.412 e. The lowest BCUT2D eigenvalue weighted by atomic mass is 10.2. The number of amides is 1. The van der Waals surface area contributed by atoms with E-state index >= 15 is 0 Å². The second kappa shape index (κ2) is 6.68. The molecule has 1 aromatic heterocycles. The maximum absolute atomic E-state index is 11.8. The van der Waals surface area contributed by atoms with Crippen LogP contribution in [0.15, 0.2) is 0 Å². The van der Waals surface area contributed by atoms with E-state index in [1.54, 1.807) is 20.8 Å². The number of aromatic nitrogens is 1. The molecule has 0 aromatic carbocycles. The summed E-state index contributed by atoms with van der Waals surface area (Å²) in [6, 6.07) is 0. The van der Waals surface area contributed by atoms with Gasteiger partial charge >= 0.3 is 12.1 Å². The van der Waals surface area contributed by atoms with E-state index in [0.29, 0.717) is 0 Å². The third-order valence-electron chi connectivity index (χ3n) is 2.04. The summed E-state index contributed by atoms with van der Waals surface area (Å²) in [5.41, 5.74) is -1.06. The number of carbonyl (C=O) groups is 2. The van der Waals surface area contributed by atoms with E-state index in [2.05, 4.69) is 15.0 Å². The number of nitrogens with zero attached hydrogens (tertiary/aromatic N) is 1. The molecular weight excluding hydrogens is 343 g/mol. The fourth-order valence-electron chi connectivity index (χ4n) is 1.26. The molecule has 1 aromatic rings. The lowest BCUT2D eigenvalue weighted by Crippen LogP contribution is -2.27. The van der Waals surface area contributed by atoms with Crippen LogP contribution in [0, 0.1) is 0 Å². The molecule has 0 aliphatic carbocycles. The van der Waals surface area contributed by atoms with E-state index in [0.717, 1.165) is 7.11 Å². The molecule has 0 fully saturated rings. The van der Waals surface area contributed by atoms with E-state index in [1.165, 1.54) is 0 Å². The molecule has 116 valence electrons. The van der Waals surface area contributed by atoms with Gasteiger partial charge in [0.2, 0.25) is 0 Å². The lowest BCUT2D eigenvalue weighted by molar-refractivity contribution is 0.0590. The van der Waals surface area contributed by atoms with Crippen molar-refractivity contribution in [2.24, 2.45) is 0 Å². The summed E-state index contributed by atoms with van der Waals surface area (Å²) >= 11 is 17.7. The summed E-state index contributed by atoms with van der Waals surface area (Å²) in [6.07, 6.45) is -0.801. The highest BCUT2D eigenvalue weighted by molar-refractivity contribution is 6.46. The molecule has 1 N–H and O–H groups in total. The van der Waals surface area contributed by atoms with Crippen LogP contribution in [0.2, 0.25) is 15.2 Å². The van der Waals surface area contributed by atoms with Crippen LogP contribution in [-0.4, -0.2) is 29.8 Å². The summed E-state index contributed by atoms with van der Waals surface area (Å²) in [5.74, 6) is -0.814. The molecule has 21 heavy (non-hydrogen) atoms. The number of carbonyl (C=O) groups excluding carboxylic acids is 2. The smallest absolute Gasteiger partial charge is 0.412 e. The Labute approximate surface area is 136 Å². The SMILES string of the molecule is COC(=O)c1nc(Cl)c(Cl)c(NC(=O)OC(C)(C)C)c1Cl. The Morgan fingerprint density at radius 2 is 1.71 bits per heavy atom. The number of ether oxygens (including phenoxy) is 2. The van der Waals surface area contributed by atoms with Gasteiger partial charge in [0.05, 0.1) is 17.8 Å². The van der Waals surface area contributed by atoms with Gasteiger partial charge in [-0.05, 0) is 20.8 Å². The monoisotopic (exact) mass is 354 g/mol. The number of nitrogens with one attached hydrogen (secondary N) is 1. The fourth-order valence-corrected chi connectivity index (χ4v) is 1.93. The Balaban J connectivity index is 3.20. The maximum atomic E-state index is 11.8. The van der Waals surface area contributed by atoms with E-state index in [-0.39, 0.29) is 26.6 Å². The van der Waals surface area contributed by atoms with Gasteiger partial charge in [-0.25, -0.2) is 14.6 Å². The van der Waals surface area contributed by atoms with E-state index < -0.39 is 17.7 Å². The molecule has 0 saturated carbocycles. The summed E-state index contributed by atoms with van der Waals surface area (Å²) in [4.78, 5) is 27.0. The summed E-state index contributed by atoms with van der Waals surface area (Å²) < 4.78 is 9.59. The van der Waals surface area contributed by atoms with Gasteiger partial charge < -0.3 is 9.47 Å². The predicted octanol–water partition coefficient (Wildman–Crippen LogP) is 4.18. The molecule has 0 aliphatic heterocycles. The number of rotatable bonds is 2. The summed E-state index contributed by atoms with van der Waals surface area (Å²) in [7, 11) is 1.16. The van der Waals surface area contributed by atoms with Crippen LogP contribution >= 0.6 is 34.8 Å². The van der Waals surface area contributed by atoms with E-state index in [1.807, 2.05) is 0 Å². The van der Waals surface area contributed by atoms with Crippen LogP contribution in [0.25, 0.3) is 0 Å². The first kappa shape index (κ1) is 17.8. The number of pyridine rings is 1. The van der Waals surface area contributed by atoms with Gasteiger partial charge in [0.15, 0.2) is 10.8 Å². The van der Waals surface area contributed by atoms with Crippen molar-refractivity contribution in [3.8, 4) is 0 Å². The van der Waals surface area contributed by atoms with Gasteiger partial charge in [-0.3, -0.25) is 5.32 Å². The van der Waals surface area contributed by atoms with Crippen molar-refractivity contribution < 1.29 is 19.1 Å². The first-order chi connectivity index (χ1) is 9.56. The third kappa shape index (κ3) is 4.62. The number of methoxy groups -OCH3 is 1. The van der Waals surface area contributed by atoms with Gasteiger partial charge in [-0.1, -0.05) is 34.8 Å². The average Bonchev–Trinajstić information content (AvgIpc) is 2.36. The third-order valence-corrected chi connectivity index (χ3v) is 3.15. The normalized spacial score (nSPS) is 11.0. The zero-order chi connectivity index (χ0) is 16.4. The van der Waals surface area contributed by atoms with Crippen molar-refractivity contribution in [2.75, 3.05) is 12.4 Å². The number of anilines is 1. The number of hydrogen-bond donors (Lipinski definition) is 1. The highest BCUT2D eigenvalue weighted by atomic mass is 35.5. The largest absolute Gasteiger partial charge is 0.464 e. The zero-order valence-electron chi connectivity index (χ0n) is 11.7. The zero-order valence-corrected chi connectivity index (χ0v) is 14.0. The molecule has 1 rings (SSSR count). The summed E-state index contributed by atoms with van der Waals surface area (Å²) in [6.45, 7) is 5.07. The van der Waals surface area contributed by atoms with Gasteiger partial charge in [-0.2, -0.15) is 0 Å².